The van der Waals surface area contributed by atoms with Crippen LogP contribution in [0.15, 0.2) is 83.5 Å². The van der Waals surface area contributed by atoms with Crippen molar-refractivity contribution in [2.45, 2.75) is 36.8 Å². The molecule has 0 nitrogen and oxygen atoms in total. The zero-order valence-electron chi connectivity index (χ0n) is 15.5. The molecule has 0 heterocycles. The Balaban J connectivity index is 0.00000208. The Morgan fingerprint density at radius 2 is 1.12 bits per heavy atom. The molecule has 1 atom stereocenters. The largest absolute Gasteiger partial charge is 1.00 e. The summed E-state index contributed by atoms with van der Waals surface area (Å²) in [5.74, 6) is 0. The van der Waals surface area contributed by atoms with Gasteiger partial charge in [0.1, 0.15) is 0 Å². The molecule has 2 aromatic rings. The summed E-state index contributed by atoms with van der Waals surface area (Å²) in [5, 5.41) is 0. The van der Waals surface area contributed by atoms with Crippen LogP contribution in [0.3, 0.4) is 0 Å². The first-order chi connectivity index (χ1) is 10.9. The van der Waals surface area contributed by atoms with E-state index in [9.17, 15) is 0 Å². The molecule has 1 aliphatic rings. The van der Waals surface area contributed by atoms with Gasteiger partial charge >= 0.3 is 152 Å². The third-order valence-corrected chi connectivity index (χ3v) is 7.26. The van der Waals surface area contributed by atoms with Gasteiger partial charge in [0.2, 0.25) is 0 Å². The van der Waals surface area contributed by atoms with Crippen LogP contribution < -0.4 is 37.2 Å². The average Bonchev–Trinajstić information content (AvgIpc) is 2.80. The molecule has 0 amide bonds. The molecule has 0 bridgehead atoms. The first-order valence-electron chi connectivity index (χ1n) is 8.15. The summed E-state index contributed by atoms with van der Waals surface area (Å²) >= 11 is 2.39. The van der Waals surface area contributed by atoms with Crippen LogP contribution in [0.5, 0.6) is 0 Å². The van der Waals surface area contributed by atoms with Crippen LogP contribution >= 0.6 is 0 Å². The van der Waals surface area contributed by atoms with Crippen LogP contribution in [0.1, 0.15) is 38.8 Å². The van der Waals surface area contributed by atoms with Crippen molar-refractivity contribution >= 4 is 0 Å². The Kier molecular flexibility index (Phi) is 9.44. The Morgan fingerprint density at radius 3 is 1.42 bits per heavy atom. The molecule has 0 aromatic heterocycles. The van der Waals surface area contributed by atoms with Gasteiger partial charge in [-0.1, -0.05) is 0 Å². The number of rotatable bonds is 3. The molecule has 0 N–H and O–H groups in total. The molecule has 136 valence electrons. The Labute approximate surface area is 188 Å². The van der Waals surface area contributed by atoms with Crippen molar-refractivity contribution in [2.24, 2.45) is 0 Å². The van der Waals surface area contributed by atoms with Crippen LogP contribution in [-0.4, -0.2) is 0 Å². The van der Waals surface area contributed by atoms with Gasteiger partial charge in [0.05, 0.1) is 0 Å². The molecule has 0 fully saturated rings. The van der Waals surface area contributed by atoms with Gasteiger partial charge in [-0.15, -0.1) is 0 Å². The monoisotopic (exact) mass is 440 g/mol. The number of hydrogen-bond acceptors (Lipinski definition) is 0. The normalized spacial score (nSPS) is 19.1. The van der Waals surface area contributed by atoms with Crippen molar-refractivity contribution in [3.05, 3.63) is 94.6 Å². The van der Waals surface area contributed by atoms with Crippen LogP contribution in [0.25, 0.3) is 0 Å². The Morgan fingerprint density at radius 1 is 0.731 bits per heavy atom. The zero-order valence-corrected chi connectivity index (χ0v) is 19.3. The van der Waals surface area contributed by atoms with Crippen LogP contribution in [-0.2, 0) is 25.9 Å². The van der Waals surface area contributed by atoms with E-state index in [0.717, 1.165) is 0 Å². The maximum absolute atomic E-state index is 2.47. The summed E-state index contributed by atoms with van der Waals surface area (Å²) in [6, 6.07) is 21.9. The van der Waals surface area contributed by atoms with Crippen molar-refractivity contribution in [1.29, 1.82) is 0 Å². The predicted molar refractivity (Wildman–Crippen MR) is 94.2 cm³/mol. The van der Waals surface area contributed by atoms with Gasteiger partial charge in [-0.05, 0) is 0 Å². The minimum absolute atomic E-state index is 0. The number of allylic oxidation sites excluding steroid dienone is 4. The summed E-state index contributed by atoms with van der Waals surface area (Å²) in [6.45, 7) is 9.18. The Hall–Kier alpha value is -0.496. The molecule has 1 aliphatic carbocycles. The van der Waals surface area contributed by atoms with Gasteiger partial charge in [0, 0.05) is 0 Å². The first-order valence-corrected chi connectivity index (χ1v) is 8.93. The Bertz CT molecular complexity index is 742. The summed E-state index contributed by atoms with van der Waals surface area (Å²) in [4.78, 5) is 0. The van der Waals surface area contributed by atoms with Crippen molar-refractivity contribution in [3.8, 4) is 0 Å². The smallest absolute Gasteiger partial charge is 1.00 e. The van der Waals surface area contributed by atoms with Gasteiger partial charge in [0.25, 0.3) is 0 Å². The van der Waals surface area contributed by atoms with Crippen LogP contribution in [0.2, 0.25) is 3.72 Å². The third kappa shape index (κ3) is 3.86. The summed E-state index contributed by atoms with van der Waals surface area (Å²) in [7, 11) is 0. The summed E-state index contributed by atoms with van der Waals surface area (Å²) < 4.78 is -0.0239. The molecule has 26 heavy (non-hydrogen) atoms. The van der Waals surface area contributed by atoms with E-state index in [1.165, 1.54) is 27.8 Å². The molecule has 2 aromatic carbocycles. The van der Waals surface area contributed by atoms with Gasteiger partial charge in [-0.2, -0.15) is 0 Å². The molecule has 0 spiro atoms. The topological polar surface area (TPSA) is 0 Å². The van der Waals surface area contributed by atoms with Crippen molar-refractivity contribution < 1.29 is 57.7 Å². The molecule has 1 unspecified atom stereocenters. The van der Waals surface area contributed by atoms with Crippen LogP contribution in [0, 0.1) is 0 Å². The SMILES string of the molecule is CC1=C[C]([Ti+3])(C(C)(c2ccccc2)c2ccccc2)C(C)=C1C.[Cl-].[Cl-].[Cl-]. The van der Waals surface area contributed by atoms with Crippen LogP contribution in [0.4, 0.5) is 0 Å². The second-order valence-electron chi connectivity index (χ2n) is 6.74. The van der Waals surface area contributed by atoms with E-state index in [1.807, 2.05) is 0 Å². The predicted octanol–water partition coefficient (Wildman–Crippen LogP) is -2.99. The maximum atomic E-state index is 2.47. The standard InChI is InChI=1S/C22H23.3ClH.Ti/c1-16-15-21(18(3)17(16)2)22(4,19-11-7-5-8-12-19)20-13-9-6-10-14-20;;;;/h5-15H,1-4H3;3*1H;/q;;;;+3/p-3. The molecule has 0 aliphatic heterocycles. The fourth-order valence-corrected chi connectivity index (χ4v) is 4.90. The minimum Gasteiger partial charge on any atom is -1.00 e. The molecule has 0 saturated heterocycles. The molecular weight excluding hydrogens is 418 g/mol. The van der Waals surface area contributed by atoms with Gasteiger partial charge in [0.15, 0.2) is 0 Å². The fraction of sp³-hybridized carbons (Fsp3) is 0.273. The van der Waals surface area contributed by atoms with Gasteiger partial charge in [-0.3, -0.25) is 0 Å². The zero-order chi connectivity index (χ0) is 16.7. The third-order valence-electron chi connectivity index (χ3n) is 5.67. The molecular formula is C22H23Cl3Ti. The van der Waals surface area contributed by atoms with Crippen molar-refractivity contribution in [2.75, 3.05) is 0 Å². The number of halogens is 3. The molecule has 0 saturated carbocycles. The van der Waals surface area contributed by atoms with E-state index >= 15 is 0 Å². The van der Waals surface area contributed by atoms with Gasteiger partial charge in [-0.25, -0.2) is 0 Å². The fourth-order valence-electron chi connectivity index (χ4n) is 3.82. The number of hydrogen-bond donors (Lipinski definition) is 0. The minimum atomic E-state index is -0.0986. The number of benzene rings is 2. The van der Waals surface area contributed by atoms with E-state index < -0.39 is 0 Å². The van der Waals surface area contributed by atoms with E-state index in [1.54, 1.807) is 0 Å². The van der Waals surface area contributed by atoms with Gasteiger partial charge < -0.3 is 37.2 Å². The summed E-state index contributed by atoms with van der Waals surface area (Å²) in [6.07, 6.45) is 2.47. The average molecular weight is 442 g/mol. The second-order valence-corrected chi connectivity index (χ2v) is 7.97. The van der Waals surface area contributed by atoms with Crippen molar-refractivity contribution in [3.63, 3.8) is 0 Å². The maximum Gasteiger partial charge on any atom is -1.00 e. The molecule has 4 heteroatoms. The molecule has 0 radical (unpaired) electrons. The van der Waals surface area contributed by atoms with E-state index in [4.69, 9.17) is 0 Å². The van der Waals surface area contributed by atoms with E-state index in [-0.39, 0.29) is 46.4 Å². The quantitative estimate of drug-likeness (QED) is 0.446. The van der Waals surface area contributed by atoms with E-state index in [0.29, 0.717) is 0 Å². The summed E-state index contributed by atoms with van der Waals surface area (Å²) in [5.41, 5.74) is 6.95. The first kappa shape index (κ1) is 25.5. The van der Waals surface area contributed by atoms with Crippen molar-refractivity contribution in [1.82, 2.24) is 0 Å². The molecule has 3 rings (SSSR count). The van der Waals surface area contributed by atoms with E-state index in [2.05, 4.69) is 115 Å². The second kappa shape index (κ2) is 9.62.